The van der Waals surface area contributed by atoms with Crippen molar-refractivity contribution in [2.45, 2.75) is 55.8 Å². The average molecular weight is 463 g/mol. The van der Waals surface area contributed by atoms with Gasteiger partial charge in [-0.15, -0.1) is 24.8 Å². The second-order valence-electron chi connectivity index (χ2n) is 7.64. The van der Waals surface area contributed by atoms with E-state index in [0.717, 1.165) is 51.9 Å². The Balaban J connectivity index is 0.00000210. The van der Waals surface area contributed by atoms with Crippen LogP contribution in [-0.2, 0) is 4.79 Å². The summed E-state index contributed by atoms with van der Waals surface area (Å²) < 4.78 is 0. The Bertz CT molecular complexity index is 678. The van der Waals surface area contributed by atoms with Crippen LogP contribution in [0.3, 0.4) is 0 Å². The molecule has 0 spiro atoms. The van der Waals surface area contributed by atoms with E-state index in [2.05, 4.69) is 4.98 Å². The monoisotopic (exact) mass is 462 g/mol. The molecule has 2 aliphatic heterocycles. The van der Waals surface area contributed by atoms with E-state index in [9.17, 15) is 9.59 Å². The van der Waals surface area contributed by atoms with Crippen molar-refractivity contribution in [3.05, 3.63) is 23.9 Å². The molecule has 0 radical (unpaired) electrons. The Morgan fingerprint density at radius 2 is 1.72 bits per heavy atom. The highest BCUT2D eigenvalue weighted by Crippen LogP contribution is 2.29. The third kappa shape index (κ3) is 6.48. The lowest BCUT2D eigenvalue weighted by Gasteiger charge is -2.34. The molecule has 2 aliphatic rings. The Hall–Kier alpha value is -1.02. The summed E-state index contributed by atoms with van der Waals surface area (Å²) >= 11 is 1.39. The number of pyridine rings is 1. The molecular weight excluding hydrogens is 431 g/mol. The summed E-state index contributed by atoms with van der Waals surface area (Å²) in [6.45, 7) is 7.08. The van der Waals surface area contributed by atoms with Crippen molar-refractivity contribution in [2.75, 3.05) is 26.2 Å². The van der Waals surface area contributed by atoms with Gasteiger partial charge in [0.15, 0.2) is 0 Å². The van der Waals surface area contributed by atoms with Crippen LogP contribution in [0.2, 0.25) is 0 Å². The maximum Gasteiger partial charge on any atom is 0.256 e. The maximum absolute atomic E-state index is 13.1. The van der Waals surface area contributed by atoms with E-state index in [4.69, 9.17) is 5.73 Å². The fraction of sp³-hybridized carbons (Fsp3) is 0.650. The average Bonchev–Trinajstić information content (AvgIpc) is 3.22. The van der Waals surface area contributed by atoms with Crippen molar-refractivity contribution in [3.63, 3.8) is 0 Å². The van der Waals surface area contributed by atoms with Gasteiger partial charge in [-0.05, 0) is 57.6 Å². The number of piperidine rings is 1. The molecule has 1 aromatic rings. The number of rotatable bonds is 5. The number of aromatic nitrogens is 1. The van der Waals surface area contributed by atoms with Crippen LogP contribution in [0.4, 0.5) is 0 Å². The van der Waals surface area contributed by atoms with Crippen molar-refractivity contribution < 1.29 is 9.59 Å². The predicted molar refractivity (Wildman–Crippen MR) is 122 cm³/mol. The van der Waals surface area contributed by atoms with E-state index < -0.39 is 0 Å². The quantitative estimate of drug-likeness (QED) is 0.679. The van der Waals surface area contributed by atoms with Gasteiger partial charge in [0.25, 0.3) is 5.91 Å². The van der Waals surface area contributed by atoms with Gasteiger partial charge in [-0.1, -0.05) is 11.8 Å². The molecule has 164 valence electrons. The summed E-state index contributed by atoms with van der Waals surface area (Å²) in [6.07, 6.45) is 5.72. The Morgan fingerprint density at radius 3 is 2.31 bits per heavy atom. The van der Waals surface area contributed by atoms with Gasteiger partial charge in [-0.2, -0.15) is 0 Å². The molecule has 3 rings (SSSR count). The smallest absolute Gasteiger partial charge is 0.256 e. The minimum Gasteiger partial charge on any atom is -0.342 e. The molecule has 0 aromatic carbocycles. The molecule has 2 saturated heterocycles. The van der Waals surface area contributed by atoms with Crippen LogP contribution in [0.25, 0.3) is 0 Å². The molecule has 2 atom stereocenters. The molecule has 6 nitrogen and oxygen atoms in total. The van der Waals surface area contributed by atoms with E-state index in [1.165, 1.54) is 11.8 Å². The van der Waals surface area contributed by atoms with E-state index in [-0.39, 0.29) is 47.9 Å². The Morgan fingerprint density at radius 1 is 1.10 bits per heavy atom. The highest BCUT2D eigenvalue weighted by atomic mass is 35.5. The van der Waals surface area contributed by atoms with Gasteiger partial charge >= 0.3 is 0 Å². The van der Waals surface area contributed by atoms with Crippen LogP contribution < -0.4 is 5.73 Å². The van der Waals surface area contributed by atoms with Crippen LogP contribution in [0, 0.1) is 5.92 Å². The third-order valence-corrected chi connectivity index (χ3v) is 6.73. The molecule has 29 heavy (non-hydrogen) atoms. The lowest BCUT2D eigenvalue weighted by Crippen LogP contribution is -2.42. The molecule has 9 heteroatoms. The number of hydrogen-bond acceptors (Lipinski definition) is 5. The second kappa shape index (κ2) is 12.0. The minimum atomic E-state index is -0.242. The molecule has 0 bridgehead atoms. The van der Waals surface area contributed by atoms with Gasteiger partial charge in [0.1, 0.15) is 5.03 Å². The highest BCUT2D eigenvalue weighted by Gasteiger charge is 2.29. The zero-order valence-corrected chi connectivity index (χ0v) is 19.5. The number of halogens is 2. The van der Waals surface area contributed by atoms with Gasteiger partial charge in [0.05, 0.1) is 10.8 Å². The SMILES string of the molecule is CC(Sc1ncccc1C(=O)N1CCC(C(C)N)CC1)C(=O)N1CCCC1.Cl.Cl. The minimum absolute atomic E-state index is 0. The first-order valence-electron chi connectivity index (χ1n) is 9.92. The van der Waals surface area contributed by atoms with Crippen molar-refractivity contribution in [1.82, 2.24) is 14.8 Å². The van der Waals surface area contributed by atoms with E-state index >= 15 is 0 Å². The van der Waals surface area contributed by atoms with Crippen LogP contribution >= 0.6 is 36.6 Å². The molecule has 2 amide bonds. The Labute approximate surface area is 190 Å². The topological polar surface area (TPSA) is 79.5 Å². The van der Waals surface area contributed by atoms with Gasteiger partial charge in [0, 0.05) is 38.4 Å². The number of nitrogens with two attached hydrogens (primary N) is 1. The lowest BCUT2D eigenvalue weighted by molar-refractivity contribution is -0.129. The van der Waals surface area contributed by atoms with Crippen molar-refractivity contribution in [1.29, 1.82) is 0 Å². The fourth-order valence-corrected chi connectivity index (χ4v) is 4.85. The molecule has 1 aromatic heterocycles. The number of likely N-dealkylation sites (tertiary alicyclic amines) is 2. The highest BCUT2D eigenvalue weighted by molar-refractivity contribution is 8.00. The third-order valence-electron chi connectivity index (χ3n) is 5.63. The van der Waals surface area contributed by atoms with Crippen LogP contribution in [-0.4, -0.2) is 64.1 Å². The first-order chi connectivity index (χ1) is 13.0. The lowest BCUT2D eigenvalue weighted by atomic mass is 9.91. The van der Waals surface area contributed by atoms with Crippen molar-refractivity contribution in [3.8, 4) is 0 Å². The normalized spacial score (nSPS) is 19.1. The summed E-state index contributed by atoms with van der Waals surface area (Å²) in [5, 5.41) is 0.408. The summed E-state index contributed by atoms with van der Waals surface area (Å²) in [5.74, 6) is 0.628. The van der Waals surface area contributed by atoms with E-state index in [1.54, 1.807) is 12.3 Å². The maximum atomic E-state index is 13.1. The van der Waals surface area contributed by atoms with E-state index in [1.807, 2.05) is 29.7 Å². The number of amides is 2. The predicted octanol–water partition coefficient (Wildman–Crippen LogP) is 3.23. The van der Waals surface area contributed by atoms with Gasteiger partial charge < -0.3 is 15.5 Å². The van der Waals surface area contributed by atoms with Crippen LogP contribution in [0.15, 0.2) is 23.4 Å². The molecule has 3 heterocycles. The first kappa shape index (κ1) is 26.0. The summed E-state index contributed by atoms with van der Waals surface area (Å²) in [5.41, 5.74) is 6.61. The van der Waals surface area contributed by atoms with Gasteiger partial charge in [-0.3, -0.25) is 9.59 Å². The zero-order chi connectivity index (χ0) is 19.4. The first-order valence-corrected chi connectivity index (χ1v) is 10.8. The molecule has 2 N–H and O–H groups in total. The fourth-order valence-electron chi connectivity index (χ4n) is 3.86. The summed E-state index contributed by atoms with van der Waals surface area (Å²) in [6, 6.07) is 3.78. The molecule has 0 aliphatic carbocycles. The van der Waals surface area contributed by atoms with Crippen molar-refractivity contribution >= 4 is 48.4 Å². The molecule has 0 saturated carbocycles. The number of carbonyl (C=O) groups excluding carboxylic acids is 2. The van der Waals surface area contributed by atoms with Crippen LogP contribution in [0.1, 0.15) is 49.9 Å². The van der Waals surface area contributed by atoms with E-state index in [0.29, 0.717) is 16.5 Å². The van der Waals surface area contributed by atoms with Crippen LogP contribution in [0.5, 0.6) is 0 Å². The summed E-state index contributed by atoms with van der Waals surface area (Å²) in [7, 11) is 0. The summed E-state index contributed by atoms with van der Waals surface area (Å²) in [4.78, 5) is 33.9. The zero-order valence-electron chi connectivity index (χ0n) is 17.1. The molecular formula is C20H32Cl2N4O2S. The number of hydrogen-bond donors (Lipinski definition) is 1. The Kier molecular flexibility index (Phi) is 10.8. The van der Waals surface area contributed by atoms with Crippen molar-refractivity contribution in [2.24, 2.45) is 11.7 Å². The second-order valence-corrected chi connectivity index (χ2v) is 8.97. The number of thioether (sulfide) groups is 1. The van der Waals surface area contributed by atoms with Gasteiger partial charge in [0.2, 0.25) is 5.91 Å². The largest absolute Gasteiger partial charge is 0.342 e. The molecule has 2 fully saturated rings. The van der Waals surface area contributed by atoms with Gasteiger partial charge in [-0.25, -0.2) is 4.98 Å². The molecule has 2 unspecified atom stereocenters. The number of nitrogens with zero attached hydrogens (tertiary/aromatic N) is 3. The standard InChI is InChI=1S/C20H30N4O2S.2ClH/c1-14(21)16-7-12-24(13-8-16)20(26)17-6-5-9-22-18(17)27-15(2)19(25)23-10-3-4-11-23;;/h5-6,9,14-16H,3-4,7-8,10-13,21H2,1-2H3;2*1H. The number of carbonyl (C=O) groups is 2.